The van der Waals surface area contributed by atoms with Gasteiger partial charge in [-0.2, -0.15) is 18.3 Å². The van der Waals surface area contributed by atoms with E-state index >= 15 is 0 Å². The molecule has 1 saturated heterocycles. The van der Waals surface area contributed by atoms with E-state index in [0.717, 1.165) is 12.0 Å². The standard InChI is InChI=1S/C14H15F3N4O2/c1-9-2-7-21(18-9)10-3-5-20(6-4-10)13(22)11-8-23-19-12(11)14(15,16)17/h2,7-8,10H,3-6H2,1H3. The zero-order valence-corrected chi connectivity index (χ0v) is 12.4. The maximum atomic E-state index is 12.8. The van der Waals surface area contributed by atoms with Crippen molar-refractivity contribution in [2.24, 2.45) is 0 Å². The zero-order chi connectivity index (χ0) is 16.6. The first kappa shape index (κ1) is 15.6. The van der Waals surface area contributed by atoms with Crippen LogP contribution in [0.5, 0.6) is 0 Å². The topological polar surface area (TPSA) is 64.2 Å². The molecule has 3 rings (SSSR count). The zero-order valence-electron chi connectivity index (χ0n) is 12.4. The van der Waals surface area contributed by atoms with Crippen LogP contribution >= 0.6 is 0 Å². The van der Waals surface area contributed by atoms with Crippen LogP contribution in [0.2, 0.25) is 0 Å². The van der Waals surface area contributed by atoms with Crippen LogP contribution in [0.15, 0.2) is 23.0 Å². The number of amides is 1. The Bertz CT molecular complexity index is 699. The number of halogens is 3. The van der Waals surface area contributed by atoms with E-state index in [1.54, 1.807) is 0 Å². The van der Waals surface area contributed by atoms with Crippen molar-refractivity contribution in [3.8, 4) is 0 Å². The maximum absolute atomic E-state index is 12.8. The van der Waals surface area contributed by atoms with E-state index in [9.17, 15) is 18.0 Å². The fraction of sp³-hybridized carbons (Fsp3) is 0.500. The van der Waals surface area contributed by atoms with Gasteiger partial charge in [0.05, 0.1) is 11.7 Å². The van der Waals surface area contributed by atoms with Crippen molar-refractivity contribution < 1.29 is 22.5 Å². The van der Waals surface area contributed by atoms with Crippen molar-refractivity contribution in [1.82, 2.24) is 19.8 Å². The summed E-state index contributed by atoms with van der Waals surface area (Å²) in [6.45, 7) is 2.62. The second-order valence-corrected chi connectivity index (χ2v) is 5.54. The molecule has 0 radical (unpaired) electrons. The highest BCUT2D eigenvalue weighted by Gasteiger charge is 2.41. The Morgan fingerprint density at radius 1 is 1.35 bits per heavy atom. The number of alkyl halides is 3. The third-order valence-corrected chi connectivity index (χ3v) is 3.94. The summed E-state index contributed by atoms with van der Waals surface area (Å²) in [6.07, 6.45) is -0.796. The highest BCUT2D eigenvalue weighted by Crippen LogP contribution is 2.32. The van der Waals surface area contributed by atoms with Crippen LogP contribution < -0.4 is 0 Å². The van der Waals surface area contributed by atoms with Gasteiger partial charge in [0.2, 0.25) is 0 Å². The third kappa shape index (κ3) is 3.08. The van der Waals surface area contributed by atoms with Gasteiger partial charge in [0.25, 0.3) is 5.91 Å². The molecule has 23 heavy (non-hydrogen) atoms. The van der Waals surface area contributed by atoms with E-state index in [4.69, 9.17) is 0 Å². The summed E-state index contributed by atoms with van der Waals surface area (Å²) in [5.41, 5.74) is -0.902. The Labute approximate surface area is 129 Å². The third-order valence-electron chi connectivity index (χ3n) is 3.94. The molecule has 0 aliphatic carbocycles. The minimum atomic E-state index is -4.71. The summed E-state index contributed by atoms with van der Waals surface area (Å²) in [5.74, 6) is -0.700. The average molecular weight is 328 g/mol. The number of hydrogen-bond donors (Lipinski definition) is 0. The van der Waals surface area contributed by atoms with E-state index in [-0.39, 0.29) is 6.04 Å². The van der Waals surface area contributed by atoms with Gasteiger partial charge >= 0.3 is 6.18 Å². The first-order valence-electron chi connectivity index (χ1n) is 7.19. The van der Waals surface area contributed by atoms with Gasteiger partial charge in [-0.15, -0.1) is 0 Å². The summed E-state index contributed by atoms with van der Waals surface area (Å²) in [7, 11) is 0. The second-order valence-electron chi connectivity index (χ2n) is 5.54. The van der Waals surface area contributed by atoms with Gasteiger partial charge in [0.15, 0.2) is 5.69 Å². The number of aromatic nitrogens is 3. The van der Waals surface area contributed by atoms with Crippen LogP contribution in [0.4, 0.5) is 13.2 Å². The average Bonchev–Trinajstić information content (AvgIpc) is 3.15. The first-order chi connectivity index (χ1) is 10.9. The van der Waals surface area contributed by atoms with Gasteiger partial charge in [-0.1, -0.05) is 5.16 Å². The second kappa shape index (κ2) is 5.71. The van der Waals surface area contributed by atoms with Crippen molar-refractivity contribution in [3.63, 3.8) is 0 Å². The molecule has 0 bridgehead atoms. The molecular weight excluding hydrogens is 313 g/mol. The van der Waals surface area contributed by atoms with Crippen molar-refractivity contribution in [3.05, 3.63) is 35.5 Å². The molecule has 2 aromatic rings. The van der Waals surface area contributed by atoms with Gasteiger partial charge in [-0.25, -0.2) is 0 Å². The minimum Gasteiger partial charge on any atom is -0.363 e. The van der Waals surface area contributed by atoms with E-state index in [0.29, 0.717) is 25.9 Å². The highest BCUT2D eigenvalue weighted by atomic mass is 19.4. The van der Waals surface area contributed by atoms with Crippen LogP contribution in [0.25, 0.3) is 0 Å². The summed E-state index contributed by atoms with van der Waals surface area (Å²) in [6, 6.07) is 2.04. The number of carbonyl (C=O) groups excluding carboxylic acids is 1. The van der Waals surface area contributed by atoms with Crippen molar-refractivity contribution in [2.45, 2.75) is 32.0 Å². The summed E-state index contributed by atoms with van der Waals surface area (Å²) in [4.78, 5) is 13.7. The Morgan fingerprint density at radius 3 is 2.61 bits per heavy atom. The minimum absolute atomic E-state index is 0.150. The number of aryl methyl sites for hydroxylation is 1. The summed E-state index contributed by atoms with van der Waals surface area (Å²) >= 11 is 0. The number of carbonyl (C=O) groups is 1. The van der Waals surface area contributed by atoms with Crippen LogP contribution in [-0.4, -0.2) is 38.8 Å². The molecule has 3 heterocycles. The molecule has 0 atom stereocenters. The lowest BCUT2D eigenvalue weighted by molar-refractivity contribution is -0.143. The fourth-order valence-corrected chi connectivity index (χ4v) is 2.73. The molecule has 2 aromatic heterocycles. The normalized spacial score (nSPS) is 16.8. The molecule has 0 spiro atoms. The number of piperidine rings is 1. The Balaban J connectivity index is 1.68. The number of hydrogen-bond acceptors (Lipinski definition) is 4. The van der Waals surface area contributed by atoms with Crippen LogP contribution in [-0.2, 0) is 6.18 Å². The Kier molecular flexibility index (Phi) is 3.87. The SMILES string of the molecule is Cc1ccn(C2CCN(C(=O)c3conc3C(F)(F)F)CC2)n1. The number of rotatable bonds is 2. The van der Waals surface area contributed by atoms with E-state index in [1.807, 2.05) is 23.9 Å². The van der Waals surface area contributed by atoms with E-state index in [2.05, 4.69) is 14.8 Å². The maximum Gasteiger partial charge on any atom is 0.437 e. The molecular formula is C14H15F3N4O2. The predicted octanol–water partition coefficient (Wildman–Crippen LogP) is 2.68. The lowest BCUT2D eigenvalue weighted by Crippen LogP contribution is -2.39. The van der Waals surface area contributed by atoms with Gasteiger partial charge in [0, 0.05) is 19.3 Å². The van der Waals surface area contributed by atoms with Gasteiger partial charge in [-0.3, -0.25) is 9.48 Å². The molecule has 1 aliphatic heterocycles. The molecule has 124 valence electrons. The molecule has 0 saturated carbocycles. The van der Waals surface area contributed by atoms with Gasteiger partial charge in [0.1, 0.15) is 11.8 Å². The molecule has 1 aliphatic rings. The molecule has 0 N–H and O–H groups in total. The molecule has 1 amide bonds. The molecule has 9 heteroatoms. The molecule has 0 aromatic carbocycles. The van der Waals surface area contributed by atoms with Gasteiger partial charge in [-0.05, 0) is 25.8 Å². The summed E-state index contributed by atoms with van der Waals surface area (Å²) < 4.78 is 44.6. The fourth-order valence-electron chi connectivity index (χ4n) is 2.73. The largest absolute Gasteiger partial charge is 0.437 e. The van der Waals surface area contributed by atoms with E-state index < -0.39 is 23.3 Å². The predicted molar refractivity (Wildman–Crippen MR) is 72.6 cm³/mol. The van der Waals surface area contributed by atoms with E-state index in [1.165, 1.54) is 4.90 Å². The molecule has 1 fully saturated rings. The molecule has 0 unspecified atom stereocenters. The Morgan fingerprint density at radius 2 is 2.04 bits per heavy atom. The van der Waals surface area contributed by atoms with Crippen molar-refractivity contribution in [1.29, 1.82) is 0 Å². The lowest BCUT2D eigenvalue weighted by atomic mass is 10.0. The number of likely N-dealkylation sites (tertiary alicyclic amines) is 1. The van der Waals surface area contributed by atoms with Crippen molar-refractivity contribution >= 4 is 5.91 Å². The van der Waals surface area contributed by atoms with Crippen LogP contribution in [0.3, 0.4) is 0 Å². The first-order valence-corrected chi connectivity index (χ1v) is 7.19. The monoisotopic (exact) mass is 328 g/mol. The molecule has 6 nitrogen and oxygen atoms in total. The van der Waals surface area contributed by atoms with Gasteiger partial charge < -0.3 is 9.42 Å². The van der Waals surface area contributed by atoms with Crippen LogP contribution in [0.1, 0.15) is 40.6 Å². The lowest BCUT2D eigenvalue weighted by Gasteiger charge is -2.32. The quantitative estimate of drug-likeness (QED) is 0.850. The van der Waals surface area contributed by atoms with Crippen molar-refractivity contribution in [2.75, 3.05) is 13.1 Å². The number of nitrogens with zero attached hydrogens (tertiary/aromatic N) is 4. The highest BCUT2D eigenvalue weighted by molar-refractivity contribution is 5.95. The smallest absolute Gasteiger partial charge is 0.363 e. The Hall–Kier alpha value is -2.32. The van der Waals surface area contributed by atoms with Crippen LogP contribution in [0, 0.1) is 6.92 Å². The summed E-state index contributed by atoms with van der Waals surface area (Å²) in [5, 5.41) is 7.25.